The van der Waals surface area contributed by atoms with Crippen LogP contribution >= 0.6 is 0 Å². The monoisotopic (exact) mass is 413 g/mol. The summed E-state index contributed by atoms with van der Waals surface area (Å²) in [6.07, 6.45) is 3.61. The number of carbonyl (C=O) groups is 1. The number of para-hydroxylation sites is 1. The van der Waals surface area contributed by atoms with Crippen LogP contribution in [0.2, 0.25) is 0 Å². The molecule has 0 N–H and O–H groups in total. The number of hydrogen-bond acceptors (Lipinski definition) is 4. The van der Waals surface area contributed by atoms with Gasteiger partial charge in [0.05, 0.1) is 10.1 Å². The zero-order valence-corrected chi connectivity index (χ0v) is 17.7. The summed E-state index contributed by atoms with van der Waals surface area (Å²) in [7, 11) is -3.33. The van der Waals surface area contributed by atoms with Crippen molar-refractivity contribution in [1.29, 1.82) is 0 Å². The molecule has 0 atom stereocenters. The topological polar surface area (TPSA) is 63.7 Å². The summed E-state index contributed by atoms with van der Waals surface area (Å²) in [5.41, 5.74) is 1.60. The first-order chi connectivity index (χ1) is 13.8. The van der Waals surface area contributed by atoms with Crippen molar-refractivity contribution >= 4 is 15.7 Å². The molecule has 0 bridgehead atoms. The van der Waals surface area contributed by atoms with Crippen LogP contribution in [0, 0.1) is 0 Å². The summed E-state index contributed by atoms with van der Waals surface area (Å²) in [6, 6.07) is 14.5. The Morgan fingerprint density at radius 1 is 1.00 bits per heavy atom. The van der Waals surface area contributed by atoms with Gasteiger partial charge in [0.25, 0.3) is 5.91 Å². The van der Waals surface area contributed by atoms with E-state index in [0.717, 1.165) is 31.4 Å². The van der Waals surface area contributed by atoms with E-state index in [1.165, 1.54) is 17.7 Å². The van der Waals surface area contributed by atoms with Crippen molar-refractivity contribution < 1.29 is 17.9 Å². The van der Waals surface area contributed by atoms with Crippen LogP contribution in [0.1, 0.15) is 49.0 Å². The summed E-state index contributed by atoms with van der Waals surface area (Å²) in [4.78, 5) is 15.0. The van der Waals surface area contributed by atoms with Crippen LogP contribution in [-0.4, -0.2) is 43.2 Å². The smallest absolute Gasteiger partial charge is 0.253 e. The Hall–Kier alpha value is -2.34. The molecule has 1 saturated heterocycles. The highest BCUT2D eigenvalue weighted by Gasteiger charge is 2.40. The fraction of sp³-hybridized carbons (Fsp3) is 0.435. The fourth-order valence-electron chi connectivity index (χ4n) is 4.17. The molecule has 2 aromatic carbocycles. The number of hydrogen-bond donors (Lipinski definition) is 0. The van der Waals surface area contributed by atoms with Gasteiger partial charge in [-0.1, -0.05) is 18.2 Å². The molecule has 1 amide bonds. The third-order valence-corrected chi connectivity index (χ3v) is 8.33. The number of carbonyl (C=O) groups excluding carboxylic acids is 1. The molecule has 4 rings (SSSR count). The number of rotatable bonds is 3. The zero-order valence-electron chi connectivity index (χ0n) is 16.9. The average molecular weight is 414 g/mol. The van der Waals surface area contributed by atoms with Crippen LogP contribution < -0.4 is 4.74 Å². The van der Waals surface area contributed by atoms with Gasteiger partial charge in [-0.25, -0.2) is 8.42 Å². The lowest BCUT2D eigenvalue weighted by molar-refractivity contribution is -0.0106. The van der Waals surface area contributed by atoms with Crippen LogP contribution in [-0.2, 0) is 16.3 Å². The van der Waals surface area contributed by atoms with Gasteiger partial charge in [-0.05, 0) is 62.6 Å². The normalized spacial score (nSPS) is 18.4. The molecule has 2 aromatic rings. The van der Waals surface area contributed by atoms with Crippen molar-refractivity contribution in [2.45, 2.75) is 55.3 Å². The standard InChI is InChI=1S/C23H27NO4S/c1-17(2)29(26,27)20-9-7-19(8-10-20)22(25)24-15-13-23(14-16-24)12-11-18-5-3-4-6-21(18)28-23/h3-10,17H,11-16H2,1-2H3. The Bertz CT molecular complexity index is 1000. The molecule has 154 valence electrons. The van der Waals surface area contributed by atoms with E-state index in [4.69, 9.17) is 4.74 Å². The Kier molecular flexibility index (Phi) is 5.15. The summed E-state index contributed by atoms with van der Waals surface area (Å²) >= 11 is 0. The van der Waals surface area contributed by atoms with Crippen molar-refractivity contribution in [3.05, 3.63) is 59.7 Å². The molecule has 0 aromatic heterocycles. The second kappa shape index (κ2) is 7.48. The first-order valence-corrected chi connectivity index (χ1v) is 11.8. The Labute approximate surface area is 172 Å². The Balaban J connectivity index is 1.42. The third kappa shape index (κ3) is 3.78. The largest absolute Gasteiger partial charge is 0.487 e. The van der Waals surface area contributed by atoms with E-state index in [-0.39, 0.29) is 16.4 Å². The van der Waals surface area contributed by atoms with Crippen LogP contribution in [0.3, 0.4) is 0 Å². The lowest BCUT2D eigenvalue weighted by Crippen LogP contribution is -2.51. The molecule has 2 heterocycles. The molecule has 2 aliphatic heterocycles. The summed E-state index contributed by atoms with van der Waals surface area (Å²) in [5, 5.41) is -0.483. The summed E-state index contributed by atoms with van der Waals surface area (Å²) in [5.74, 6) is 0.921. The third-order valence-electron chi connectivity index (χ3n) is 6.16. The molecule has 29 heavy (non-hydrogen) atoms. The van der Waals surface area contributed by atoms with Crippen LogP contribution in [0.15, 0.2) is 53.4 Å². The number of benzene rings is 2. The Morgan fingerprint density at radius 2 is 1.66 bits per heavy atom. The molecule has 1 spiro atoms. The van der Waals surface area contributed by atoms with E-state index >= 15 is 0 Å². The van der Waals surface area contributed by atoms with Gasteiger partial charge in [0.15, 0.2) is 9.84 Å². The zero-order chi connectivity index (χ0) is 20.6. The van der Waals surface area contributed by atoms with E-state index in [0.29, 0.717) is 18.7 Å². The molecule has 0 radical (unpaired) electrons. The first-order valence-electron chi connectivity index (χ1n) is 10.2. The van der Waals surface area contributed by atoms with Crippen LogP contribution in [0.4, 0.5) is 0 Å². The van der Waals surface area contributed by atoms with Gasteiger partial charge < -0.3 is 9.64 Å². The van der Waals surface area contributed by atoms with Crippen molar-refractivity contribution in [3.8, 4) is 5.75 Å². The second-order valence-electron chi connectivity index (χ2n) is 8.30. The van der Waals surface area contributed by atoms with E-state index in [9.17, 15) is 13.2 Å². The minimum atomic E-state index is -3.33. The molecule has 0 saturated carbocycles. The predicted octanol–water partition coefficient (Wildman–Crippen LogP) is 3.87. The van der Waals surface area contributed by atoms with Crippen LogP contribution in [0.25, 0.3) is 0 Å². The number of fused-ring (bicyclic) bond motifs is 1. The molecule has 0 aliphatic carbocycles. The van der Waals surface area contributed by atoms with E-state index < -0.39 is 15.1 Å². The van der Waals surface area contributed by atoms with Crippen molar-refractivity contribution in [3.63, 3.8) is 0 Å². The van der Waals surface area contributed by atoms with Crippen molar-refractivity contribution in [2.24, 2.45) is 0 Å². The number of sulfone groups is 1. The molecule has 1 fully saturated rings. The summed E-state index contributed by atoms with van der Waals surface area (Å²) in [6.45, 7) is 4.60. The van der Waals surface area contributed by atoms with Crippen molar-refractivity contribution in [2.75, 3.05) is 13.1 Å². The quantitative estimate of drug-likeness (QED) is 0.766. The second-order valence-corrected chi connectivity index (χ2v) is 10.8. The molecule has 0 unspecified atom stereocenters. The number of nitrogens with zero attached hydrogens (tertiary/aromatic N) is 1. The highest BCUT2D eigenvalue weighted by molar-refractivity contribution is 7.92. The molecular formula is C23H27NO4S. The van der Waals surface area contributed by atoms with Gasteiger partial charge in [-0.2, -0.15) is 0 Å². The highest BCUT2D eigenvalue weighted by Crippen LogP contribution is 2.39. The lowest BCUT2D eigenvalue weighted by Gasteiger charge is -2.44. The number of piperidine rings is 1. The SMILES string of the molecule is CC(C)S(=O)(=O)c1ccc(C(=O)N2CCC3(CCc4ccccc4O3)CC2)cc1. The Morgan fingerprint density at radius 3 is 2.31 bits per heavy atom. The summed E-state index contributed by atoms with van der Waals surface area (Å²) < 4.78 is 30.9. The maximum absolute atomic E-state index is 12.9. The van der Waals surface area contributed by atoms with Gasteiger partial charge in [0.1, 0.15) is 11.4 Å². The predicted molar refractivity (Wildman–Crippen MR) is 112 cm³/mol. The molecule has 2 aliphatic rings. The fourth-order valence-corrected chi connectivity index (χ4v) is 5.23. The van der Waals surface area contributed by atoms with Gasteiger partial charge in [0.2, 0.25) is 0 Å². The number of amides is 1. The minimum Gasteiger partial charge on any atom is -0.487 e. The highest BCUT2D eigenvalue weighted by atomic mass is 32.2. The first kappa shape index (κ1) is 20.0. The lowest BCUT2D eigenvalue weighted by atomic mass is 9.83. The molecule has 6 heteroatoms. The van der Waals surface area contributed by atoms with E-state index in [2.05, 4.69) is 6.07 Å². The number of ether oxygens (including phenoxy) is 1. The van der Waals surface area contributed by atoms with Gasteiger partial charge in [-0.3, -0.25) is 4.79 Å². The van der Waals surface area contributed by atoms with Gasteiger partial charge in [-0.15, -0.1) is 0 Å². The van der Waals surface area contributed by atoms with Crippen molar-refractivity contribution in [1.82, 2.24) is 4.90 Å². The van der Waals surface area contributed by atoms with Gasteiger partial charge >= 0.3 is 0 Å². The average Bonchev–Trinajstić information content (AvgIpc) is 2.74. The number of likely N-dealkylation sites (tertiary alicyclic amines) is 1. The maximum atomic E-state index is 12.9. The molecular weight excluding hydrogens is 386 g/mol. The van der Waals surface area contributed by atoms with E-state index in [1.54, 1.807) is 26.0 Å². The van der Waals surface area contributed by atoms with Gasteiger partial charge in [0, 0.05) is 31.5 Å². The molecule has 5 nitrogen and oxygen atoms in total. The number of aryl methyl sites for hydroxylation is 1. The van der Waals surface area contributed by atoms with E-state index in [1.807, 2.05) is 23.1 Å². The van der Waals surface area contributed by atoms with Crippen LogP contribution in [0.5, 0.6) is 5.75 Å². The minimum absolute atomic E-state index is 0.0513. The maximum Gasteiger partial charge on any atom is 0.253 e.